The van der Waals surface area contributed by atoms with E-state index in [0.29, 0.717) is 33.1 Å². The van der Waals surface area contributed by atoms with Crippen LogP contribution in [0, 0.1) is 0 Å². The van der Waals surface area contributed by atoms with Crippen LogP contribution in [0.2, 0.25) is 5.02 Å². The Hall–Kier alpha value is -2.69. The molecule has 1 aromatic carbocycles. The van der Waals surface area contributed by atoms with Crippen LogP contribution in [0.25, 0.3) is 6.08 Å². The van der Waals surface area contributed by atoms with Crippen LogP contribution in [-0.4, -0.2) is 38.4 Å². The summed E-state index contributed by atoms with van der Waals surface area (Å²) in [6, 6.07) is 9.11. The van der Waals surface area contributed by atoms with Gasteiger partial charge in [0.2, 0.25) is 0 Å². The second-order valence-corrected chi connectivity index (χ2v) is 9.19. The van der Waals surface area contributed by atoms with Crippen LogP contribution in [-0.2, 0) is 17.1 Å². The Labute approximate surface area is 198 Å². The van der Waals surface area contributed by atoms with Gasteiger partial charge in [0.15, 0.2) is 11.0 Å². The van der Waals surface area contributed by atoms with Crippen LogP contribution in [0.4, 0.5) is 5.69 Å². The second-order valence-electron chi connectivity index (χ2n) is 6.86. The van der Waals surface area contributed by atoms with Crippen LogP contribution in [0.3, 0.4) is 0 Å². The van der Waals surface area contributed by atoms with E-state index in [1.807, 2.05) is 17.5 Å². The summed E-state index contributed by atoms with van der Waals surface area (Å²) in [6.45, 7) is 2.88. The fourth-order valence-corrected chi connectivity index (χ4v) is 4.91. The smallest absolute Gasteiger partial charge is 0.283 e. The third kappa shape index (κ3) is 4.87. The molecule has 0 N–H and O–H groups in total. The lowest BCUT2D eigenvalue weighted by atomic mass is 10.2. The Bertz CT molecular complexity index is 1160. The van der Waals surface area contributed by atoms with Gasteiger partial charge in [-0.2, -0.15) is 0 Å². The molecule has 11 heteroatoms. The average Bonchev–Trinajstić information content (AvgIpc) is 3.52. The third-order valence-electron chi connectivity index (χ3n) is 4.71. The summed E-state index contributed by atoms with van der Waals surface area (Å²) >= 11 is 9.29. The molecule has 2 aromatic heterocycles. The first-order valence-corrected chi connectivity index (χ1v) is 12.2. The molecular weight excluding hydrogens is 468 g/mol. The largest absolute Gasteiger partial charge is 0.495 e. The average molecular weight is 489 g/mol. The summed E-state index contributed by atoms with van der Waals surface area (Å²) < 4.78 is 7.04. The normalized spacial score (nSPS) is 15.0. The number of unbranched alkanes of at least 4 members (excludes halogenated alkanes) is 1. The Kier molecular flexibility index (Phi) is 7.23. The fraction of sp³-hybridized carbons (Fsp3) is 0.286. The van der Waals surface area contributed by atoms with E-state index in [4.69, 9.17) is 16.3 Å². The topological polar surface area (TPSA) is 85.5 Å². The number of nitrogens with zero attached hydrogens (tertiary/aromatic N) is 6. The molecule has 0 saturated heterocycles. The van der Waals surface area contributed by atoms with E-state index >= 15 is 0 Å². The number of amides is 1. The number of hydrogen-bond donors (Lipinski definition) is 0. The van der Waals surface area contributed by atoms with Crippen molar-refractivity contribution < 1.29 is 9.53 Å². The standard InChI is InChI=1S/C21H21ClN6O2S2/c1-3-4-9-27-19(24-25-26-27)13-32-21-23-17(12-15-6-5-10-31-15)20(29)28(21)14-7-8-18(30-2)16(22)11-14/h5-8,10-12H,3-4,9,13H2,1-2H3/b17-12-. The first-order valence-electron chi connectivity index (χ1n) is 10.0. The predicted octanol–water partition coefficient (Wildman–Crippen LogP) is 4.87. The number of benzene rings is 1. The van der Waals surface area contributed by atoms with Gasteiger partial charge in [-0.1, -0.05) is 42.8 Å². The van der Waals surface area contributed by atoms with Crippen LogP contribution in [0.5, 0.6) is 5.75 Å². The number of aliphatic imine (C=N–C) groups is 1. The quantitative estimate of drug-likeness (QED) is 0.420. The Balaban J connectivity index is 1.63. The first kappa shape index (κ1) is 22.5. The minimum absolute atomic E-state index is 0.215. The minimum atomic E-state index is -0.215. The number of anilines is 1. The molecule has 8 nitrogen and oxygen atoms in total. The highest BCUT2D eigenvalue weighted by Crippen LogP contribution is 2.35. The number of ether oxygens (including phenoxy) is 1. The monoisotopic (exact) mass is 488 g/mol. The van der Waals surface area contributed by atoms with Crippen LogP contribution in [0.1, 0.15) is 30.5 Å². The number of halogens is 1. The van der Waals surface area contributed by atoms with Crippen LogP contribution >= 0.6 is 34.7 Å². The number of aryl methyl sites for hydroxylation is 1. The third-order valence-corrected chi connectivity index (χ3v) is 6.75. The summed E-state index contributed by atoms with van der Waals surface area (Å²) in [6.07, 6.45) is 3.84. The van der Waals surface area contributed by atoms with E-state index in [1.54, 1.807) is 52.3 Å². The van der Waals surface area contributed by atoms with Crippen molar-refractivity contribution in [1.82, 2.24) is 20.2 Å². The van der Waals surface area contributed by atoms with Crippen molar-refractivity contribution in [3.63, 3.8) is 0 Å². The van der Waals surface area contributed by atoms with E-state index in [0.717, 1.165) is 30.1 Å². The Morgan fingerprint density at radius 3 is 2.91 bits per heavy atom. The maximum atomic E-state index is 13.3. The molecule has 166 valence electrons. The van der Waals surface area contributed by atoms with Gasteiger partial charge in [0.1, 0.15) is 11.4 Å². The van der Waals surface area contributed by atoms with Gasteiger partial charge in [-0.3, -0.25) is 9.69 Å². The van der Waals surface area contributed by atoms with Crippen molar-refractivity contribution in [2.45, 2.75) is 32.1 Å². The number of carbonyl (C=O) groups is 1. The zero-order chi connectivity index (χ0) is 22.5. The fourth-order valence-electron chi connectivity index (χ4n) is 3.06. The molecule has 0 spiro atoms. The van der Waals surface area contributed by atoms with Crippen molar-refractivity contribution in [1.29, 1.82) is 0 Å². The van der Waals surface area contributed by atoms with E-state index in [2.05, 4.69) is 27.4 Å². The van der Waals surface area contributed by atoms with Gasteiger partial charge in [-0.05, 0) is 52.6 Å². The minimum Gasteiger partial charge on any atom is -0.495 e. The number of hydrogen-bond acceptors (Lipinski definition) is 8. The van der Waals surface area contributed by atoms with Crippen LogP contribution < -0.4 is 9.64 Å². The van der Waals surface area contributed by atoms with Crippen molar-refractivity contribution >= 4 is 57.5 Å². The van der Waals surface area contributed by atoms with E-state index in [1.165, 1.54) is 11.8 Å². The number of carbonyl (C=O) groups excluding carboxylic acids is 1. The number of thioether (sulfide) groups is 1. The molecule has 1 aliphatic heterocycles. The van der Waals surface area contributed by atoms with Gasteiger partial charge in [-0.15, -0.1) is 16.4 Å². The molecule has 0 unspecified atom stereocenters. The van der Waals surface area contributed by atoms with Gasteiger partial charge in [0.25, 0.3) is 5.91 Å². The summed E-state index contributed by atoms with van der Waals surface area (Å²) in [5.41, 5.74) is 0.986. The van der Waals surface area contributed by atoms with E-state index in [-0.39, 0.29) is 5.91 Å². The lowest BCUT2D eigenvalue weighted by Crippen LogP contribution is -2.30. The number of methoxy groups -OCH3 is 1. The summed E-state index contributed by atoms with van der Waals surface area (Å²) in [7, 11) is 1.55. The maximum absolute atomic E-state index is 13.3. The molecule has 0 atom stereocenters. The molecule has 0 aliphatic carbocycles. The summed E-state index contributed by atoms with van der Waals surface area (Å²) in [5, 5.41) is 14.9. The predicted molar refractivity (Wildman–Crippen MR) is 129 cm³/mol. The number of amidine groups is 1. The number of aromatic nitrogens is 4. The molecule has 0 bridgehead atoms. The van der Waals surface area contributed by atoms with Crippen molar-refractivity contribution in [2.24, 2.45) is 4.99 Å². The lowest BCUT2D eigenvalue weighted by molar-refractivity contribution is -0.113. The zero-order valence-electron chi connectivity index (χ0n) is 17.6. The number of tetrazole rings is 1. The molecular formula is C21H21ClN6O2S2. The van der Waals surface area contributed by atoms with Gasteiger partial charge in [0.05, 0.1) is 23.6 Å². The molecule has 1 amide bonds. The molecule has 3 aromatic rings. The lowest BCUT2D eigenvalue weighted by Gasteiger charge is -2.18. The SMILES string of the molecule is CCCCn1nnnc1CSC1=N/C(=C\c2cccs2)C(=O)N1c1ccc(OC)c(Cl)c1. The van der Waals surface area contributed by atoms with E-state index < -0.39 is 0 Å². The van der Waals surface area contributed by atoms with Crippen LogP contribution in [0.15, 0.2) is 46.4 Å². The van der Waals surface area contributed by atoms with Gasteiger partial charge in [0, 0.05) is 11.4 Å². The molecule has 3 heterocycles. The summed E-state index contributed by atoms with van der Waals surface area (Å²) in [4.78, 5) is 20.5. The highest BCUT2D eigenvalue weighted by atomic mass is 35.5. The first-order chi connectivity index (χ1) is 15.6. The summed E-state index contributed by atoms with van der Waals surface area (Å²) in [5.74, 6) is 1.54. The van der Waals surface area contributed by atoms with Gasteiger partial charge in [-0.25, -0.2) is 9.67 Å². The van der Waals surface area contributed by atoms with Crippen molar-refractivity contribution in [3.8, 4) is 5.75 Å². The zero-order valence-corrected chi connectivity index (χ0v) is 20.0. The molecule has 0 fully saturated rings. The highest BCUT2D eigenvalue weighted by Gasteiger charge is 2.33. The number of rotatable bonds is 8. The molecule has 0 saturated carbocycles. The van der Waals surface area contributed by atoms with Crippen molar-refractivity contribution in [2.75, 3.05) is 12.0 Å². The maximum Gasteiger partial charge on any atom is 0.283 e. The molecule has 4 rings (SSSR count). The van der Waals surface area contributed by atoms with Gasteiger partial charge < -0.3 is 4.74 Å². The molecule has 0 radical (unpaired) electrons. The van der Waals surface area contributed by atoms with E-state index in [9.17, 15) is 4.79 Å². The van der Waals surface area contributed by atoms with Gasteiger partial charge >= 0.3 is 0 Å². The molecule has 1 aliphatic rings. The number of thiophene rings is 1. The highest BCUT2D eigenvalue weighted by molar-refractivity contribution is 8.13. The Morgan fingerprint density at radius 2 is 2.19 bits per heavy atom. The Morgan fingerprint density at radius 1 is 1.31 bits per heavy atom. The van der Waals surface area contributed by atoms with Crippen molar-refractivity contribution in [3.05, 3.63) is 57.1 Å². The second kappa shape index (κ2) is 10.3. The molecule has 32 heavy (non-hydrogen) atoms.